The SMILES string of the molecule is CCN(CC)P(Cl)c1cn(C(C)C)c(=S)n1C(C)C. The predicted molar refractivity (Wildman–Crippen MR) is 89.4 cm³/mol. The van der Waals surface area contributed by atoms with Crippen LogP contribution in [0.3, 0.4) is 0 Å². The summed E-state index contributed by atoms with van der Waals surface area (Å²) in [4.78, 5) is 0. The summed E-state index contributed by atoms with van der Waals surface area (Å²) in [5.41, 5.74) is 1.16. The summed E-state index contributed by atoms with van der Waals surface area (Å²) < 4.78 is 7.52. The Labute approximate surface area is 128 Å². The van der Waals surface area contributed by atoms with Gasteiger partial charge in [0.2, 0.25) is 0 Å². The molecule has 6 heteroatoms. The molecule has 0 saturated carbocycles. The maximum atomic E-state index is 6.72. The highest BCUT2D eigenvalue weighted by molar-refractivity contribution is 7.88. The van der Waals surface area contributed by atoms with Crippen LogP contribution in [-0.4, -0.2) is 26.9 Å². The van der Waals surface area contributed by atoms with Gasteiger partial charge in [-0.25, -0.2) is 0 Å². The fraction of sp³-hybridized carbons (Fsp3) is 0.769. The standard InChI is InChI=1S/C13H25ClN3PS/c1-7-15(8-2)18(14)12-9-16(10(3)4)13(19)17(12)11(5)6/h9-11H,7-8H2,1-6H3. The normalized spacial score (nSPS) is 13.8. The molecule has 0 N–H and O–H groups in total. The Kier molecular flexibility index (Phi) is 6.52. The molecule has 0 saturated heterocycles. The zero-order chi connectivity index (χ0) is 14.7. The van der Waals surface area contributed by atoms with Crippen molar-refractivity contribution in [2.24, 2.45) is 0 Å². The van der Waals surface area contributed by atoms with Crippen molar-refractivity contribution in [2.45, 2.75) is 53.6 Å². The Bertz CT molecular complexity index is 463. The Morgan fingerprint density at radius 3 is 2.11 bits per heavy atom. The van der Waals surface area contributed by atoms with Gasteiger partial charge in [0, 0.05) is 31.4 Å². The molecule has 1 rings (SSSR count). The summed E-state index contributed by atoms with van der Waals surface area (Å²) in [6.45, 7) is 14.8. The van der Waals surface area contributed by atoms with Crippen molar-refractivity contribution in [3.63, 3.8) is 0 Å². The lowest BCUT2D eigenvalue weighted by Gasteiger charge is -2.25. The lowest BCUT2D eigenvalue weighted by atomic mass is 10.4. The molecule has 1 unspecified atom stereocenters. The van der Waals surface area contributed by atoms with Crippen LogP contribution in [0.15, 0.2) is 6.20 Å². The molecule has 0 aliphatic carbocycles. The minimum atomic E-state index is -0.832. The van der Waals surface area contributed by atoms with Crippen molar-refractivity contribution < 1.29 is 0 Å². The first-order valence-corrected chi connectivity index (χ1v) is 9.49. The molecular weight excluding hydrogens is 297 g/mol. The van der Waals surface area contributed by atoms with Crippen LogP contribution < -0.4 is 5.44 Å². The molecule has 110 valence electrons. The summed E-state index contributed by atoms with van der Waals surface area (Å²) in [5.74, 6) is 0. The Balaban J connectivity index is 3.34. The molecule has 19 heavy (non-hydrogen) atoms. The molecule has 1 heterocycles. The van der Waals surface area contributed by atoms with Gasteiger partial charge < -0.3 is 9.13 Å². The summed E-state index contributed by atoms with van der Waals surface area (Å²) >= 11 is 12.3. The van der Waals surface area contributed by atoms with E-state index in [1.165, 1.54) is 0 Å². The number of halogens is 1. The number of aromatic nitrogens is 2. The van der Waals surface area contributed by atoms with E-state index in [-0.39, 0.29) is 0 Å². The number of hydrogen-bond donors (Lipinski definition) is 0. The largest absolute Gasteiger partial charge is 0.321 e. The second-order valence-corrected chi connectivity index (χ2v) is 8.00. The molecule has 0 aromatic carbocycles. The van der Waals surface area contributed by atoms with Gasteiger partial charge in [-0.05, 0) is 39.9 Å². The van der Waals surface area contributed by atoms with E-state index in [4.69, 9.17) is 23.5 Å². The summed E-state index contributed by atoms with van der Waals surface area (Å²) in [5, 5.41) is 0. The van der Waals surface area contributed by atoms with Crippen LogP contribution in [-0.2, 0) is 0 Å². The van der Waals surface area contributed by atoms with Crippen molar-refractivity contribution in [3.05, 3.63) is 11.0 Å². The predicted octanol–water partition coefficient (Wildman–Crippen LogP) is 4.70. The molecule has 1 atom stereocenters. The van der Waals surface area contributed by atoms with Crippen LogP contribution in [0, 0.1) is 4.77 Å². The van der Waals surface area contributed by atoms with Gasteiger partial charge >= 0.3 is 0 Å². The minimum absolute atomic E-state index is 0.335. The van der Waals surface area contributed by atoms with Gasteiger partial charge in [0.25, 0.3) is 0 Å². The van der Waals surface area contributed by atoms with E-state index in [0.29, 0.717) is 12.1 Å². The molecule has 0 aliphatic rings. The van der Waals surface area contributed by atoms with Crippen LogP contribution in [0.1, 0.15) is 53.6 Å². The Morgan fingerprint density at radius 1 is 1.21 bits per heavy atom. The number of hydrogen-bond acceptors (Lipinski definition) is 2. The third-order valence-corrected chi connectivity index (χ3v) is 6.51. The van der Waals surface area contributed by atoms with E-state index >= 15 is 0 Å². The summed E-state index contributed by atoms with van der Waals surface area (Å²) in [7, 11) is -0.832. The zero-order valence-corrected chi connectivity index (χ0v) is 15.2. The lowest BCUT2D eigenvalue weighted by molar-refractivity contribution is 0.513. The topological polar surface area (TPSA) is 13.1 Å². The van der Waals surface area contributed by atoms with Crippen molar-refractivity contribution in [1.82, 2.24) is 13.8 Å². The van der Waals surface area contributed by atoms with E-state index in [2.05, 4.69) is 61.5 Å². The fourth-order valence-corrected chi connectivity index (χ4v) is 5.24. The van der Waals surface area contributed by atoms with E-state index in [1.807, 2.05) is 0 Å². The smallest absolute Gasteiger partial charge is 0.180 e. The van der Waals surface area contributed by atoms with E-state index in [9.17, 15) is 0 Å². The van der Waals surface area contributed by atoms with Gasteiger partial charge in [-0.3, -0.25) is 4.67 Å². The van der Waals surface area contributed by atoms with Gasteiger partial charge in [0.15, 0.2) is 4.77 Å². The molecule has 0 fully saturated rings. The maximum absolute atomic E-state index is 6.72. The molecule has 0 spiro atoms. The van der Waals surface area contributed by atoms with Crippen molar-refractivity contribution in [1.29, 1.82) is 0 Å². The van der Waals surface area contributed by atoms with Gasteiger partial charge in [-0.1, -0.05) is 25.1 Å². The number of imidazole rings is 1. The van der Waals surface area contributed by atoms with Gasteiger partial charge in [-0.2, -0.15) is 0 Å². The lowest BCUT2D eigenvalue weighted by Crippen LogP contribution is -2.25. The van der Waals surface area contributed by atoms with Crippen LogP contribution in [0.25, 0.3) is 0 Å². The van der Waals surface area contributed by atoms with Crippen LogP contribution in [0.5, 0.6) is 0 Å². The summed E-state index contributed by atoms with van der Waals surface area (Å²) in [6, 6.07) is 0.699. The highest BCUT2D eigenvalue weighted by Crippen LogP contribution is 2.44. The molecule has 0 aliphatic heterocycles. The van der Waals surface area contributed by atoms with Crippen LogP contribution in [0.4, 0.5) is 0 Å². The third-order valence-electron chi connectivity index (χ3n) is 3.17. The number of nitrogens with zero attached hydrogens (tertiary/aromatic N) is 3. The minimum Gasteiger partial charge on any atom is -0.321 e. The average Bonchev–Trinajstić information content (AvgIpc) is 2.68. The number of rotatable bonds is 6. The highest BCUT2D eigenvalue weighted by atomic mass is 35.7. The summed E-state index contributed by atoms with van der Waals surface area (Å²) in [6.07, 6.45) is 2.14. The molecule has 1 aromatic heterocycles. The Hall–Kier alpha value is 0.110. The first-order chi connectivity index (χ1) is 8.84. The van der Waals surface area contributed by atoms with E-state index in [1.54, 1.807) is 0 Å². The third kappa shape index (κ3) is 3.60. The van der Waals surface area contributed by atoms with Gasteiger partial charge in [0.05, 0.1) is 5.44 Å². The van der Waals surface area contributed by atoms with Crippen LogP contribution >= 0.6 is 30.9 Å². The quantitative estimate of drug-likeness (QED) is 0.556. The fourth-order valence-electron chi connectivity index (χ4n) is 2.07. The van der Waals surface area contributed by atoms with E-state index < -0.39 is 7.43 Å². The van der Waals surface area contributed by atoms with Crippen molar-refractivity contribution >= 4 is 36.3 Å². The molecule has 1 aromatic rings. The van der Waals surface area contributed by atoms with Gasteiger partial charge in [-0.15, -0.1) is 0 Å². The zero-order valence-electron chi connectivity index (χ0n) is 12.7. The van der Waals surface area contributed by atoms with Crippen molar-refractivity contribution in [2.75, 3.05) is 13.1 Å². The molecule has 0 amide bonds. The molecule has 0 radical (unpaired) electrons. The molecule has 0 bridgehead atoms. The van der Waals surface area contributed by atoms with E-state index in [0.717, 1.165) is 23.3 Å². The first-order valence-electron chi connectivity index (χ1n) is 6.89. The van der Waals surface area contributed by atoms with Crippen LogP contribution in [0.2, 0.25) is 0 Å². The second-order valence-electron chi connectivity index (χ2n) is 5.13. The van der Waals surface area contributed by atoms with Crippen molar-refractivity contribution in [3.8, 4) is 0 Å². The molecular formula is C13H25ClN3PS. The highest BCUT2D eigenvalue weighted by Gasteiger charge is 2.23. The first kappa shape index (κ1) is 17.2. The molecule has 3 nitrogen and oxygen atoms in total. The second kappa shape index (κ2) is 7.21. The average molecular weight is 322 g/mol. The monoisotopic (exact) mass is 321 g/mol. The Morgan fingerprint density at radius 2 is 1.74 bits per heavy atom. The van der Waals surface area contributed by atoms with Gasteiger partial charge in [0.1, 0.15) is 7.43 Å². The maximum Gasteiger partial charge on any atom is 0.180 e.